The molecule has 0 aliphatic rings. The number of nitrogens with zero attached hydrogens (tertiary/aromatic N) is 2. The van der Waals surface area contributed by atoms with Crippen molar-refractivity contribution in [3.05, 3.63) is 12.2 Å². The molecule has 0 aliphatic heterocycles. The fraction of sp³-hybridized carbons (Fsp3) is 0.429. The van der Waals surface area contributed by atoms with Crippen molar-refractivity contribution in [2.75, 3.05) is 21.1 Å². The van der Waals surface area contributed by atoms with E-state index in [-0.39, 0.29) is 5.91 Å². The van der Waals surface area contributed by atoms with Gasteiger partial charge in [-0.15, -0.1) is 0 Å². The van der Waals surface area contributed by atoms with Crippen molar-refractivity contribution >= 4 is 12.1 Å². The van der Waals surface area contributed by atoms with E-state index in [2.05, 4.69) is 11.6 Å². The lowest BCUT2D eigenvalue weighted by Crippen LogP contribution is -2.23. The van der Waals surface area contributed by atoms with Crippen molar-refractivity contribution in [2.24, 2.45) is 4.99 Å². The van der Waals surface area contributed by atoms with Gasteiger partial charge in [0.25, 0.3) is 5.91 Å². The number of hydrogen-bond donors (Lipinski definition) is 0. The number of hydrogen-bond acceptors (Lipinski definition) is 2. The fourth-order valence-corrected chi connectivity index (χ4v) is 0.498. The second-order valence-electron chi connectivity index (χ2n) is 2.11. The minimum atomic E-state index is -0.106. The Kier molecular flexibility index (Phi) is 3.39. The molecular weight excluding hydrogens is 128 g/mol. The average molecular weight is 140 g/mol. The van der Waals surface area contributed by atoms with E-state index in [4.69, 9.17) is 0 Å². The second-order valence-corrected chi connectivity index (χ2v) is 2.11. The topological polar surface area (TPSA) is 32.7 Å². The van der Waals surface area contributed by atoms with Crippen LogP contribution in [0.4, 0.5) is 0 Å². The van der Waals surface area contributed by atoms with Crippen LogP contribution in [-0.4, -0.2) is 38.2 Å². The molecule has 0 heterocycles. The molecule has 0 saturated heterocycles. The highest BCUT2D eigenvalue weighted by molar-refractivity contribution is 6.11. The maximum absolute atomic E-state index is 11.0. The molecule has 0 bridgehead atoms. The summed E-state index contributed by atoms with van der Waals surface area (Å²) in [7, 11) is 4.96. The van der Waals surface area contributed by atoms with E-state index >= 15 is 0 Å². The highest BCUT2D eigenvalue weighted by atomic mass is 16.2. The zero-order chi connectivity index (χ0) is 8.15. The summed E-state index contributed by atoms with van der Waals surface area (Å²) in [5.41, 5.74) is 0.410. The van der Waals surface area contributed by atoms with Crippen LogP contribution >= 0.6 is 0 Å². The lowest BCUT2D eigenvalue weighted by atomic mass is 10.3. The van der Waals surface area contributed by atoms with Gasteiger partial charge in [-0.05, 0) is 0 Å². The van der Waals surface area contributed by atoms with E-state index < -0.39 is 0 Å². The summed E-state index contributed by atoms with van der Waals surface area (Å²) in [6.07, 6.45) is 1.45. The number of amides is 1. The Bertz CT molecular complexity index is 170. The Morgan fingerprint density at radius 1 is 1.60 bits per heavy atom. The van der Waals surface area contributed by atoms with Gasteiger partial charge in [0.15, 0.2) is 0 Å². The van der Waals surface area contributed by atoms with Crippen LogP contribution < -0.4 is 0 Å². The van der Waals surface area contributed by atoms with Gasteiger partial charge in [-0.2, -0.15) is 0 Å². The van der Waals surface area contributed by atoms with Gasteiger partial charge in [-0.25, -0.2) is 0 Å². The molecule has 0 aliphatic carbocycles. The molecule has 3 nitrogen and oxygen atoms in total. The first-order chi connectivity index (χ1) is 4.59. The van der Waals surface area contributed by atoms with E-state index in [1.165, 1.54) is 11.1 Å². The number of rotatable bonds is 2. The third-order valence-corrected chi connectivity index (χ3v) is 0.966. The number of likely N-dealkylation sites (N-methyl/N-ethyl adjacent to an activating group) is 1. The molecule has 0 atom stereocenters. The van der Waals surface area contributed by atoms with Gasteiger partial charge in [-0.3, -0.25) is 9.79 Å². The van der Waals surface area contributed by atoms with Gasteiger partial charge in [-0.1, -0.05) is 6.58 Å². The molecule has 0 aromatic rings. The van der Waals surface area contributed by atoms with Crippen LogP contribution in [-0.2, 0) is 4.79 Å². The molecule has 1 amide bonds. The molecule has 0 aromatic heterocycles. The molecule has 0 rings (SSSR count). The SMILES string of the molecule is C=C(C=NC)C(=O)N(C)C. The summed E-state index contributed by atoms with van der Waals surface area (Å²) in [4.78, 5) is 16.1. The molecule has 0 unspecified atom stereocenters. The summed E-state index contributed by atoms with van der Waals surface area (Å²) in [6.45, 7) is 3.53. The molecule has 0 saturated carbocycles. The van der Waals surface area contributed by atoms with Crippen LogP contribution in [0.5, 0.6) is 0 Å². The van der Waals surface area contributed by atoms with E-state index in [1.54, 1.807) is 21.1 Å². The van der Waals surface area contributed by atoms with Crippen LogP contribution in [0.15, 0.2) is 17.1 Å². The van der Waals surface area contributed by atoms with Gasteiger partial charge in [0.1, 0.15) is 0 Å². The average Bonchev–Trinajstić information content (AvgIpc) is 1.87. The fourth-order valence-electron chi connectivity index (χ4n) is 0.498. The van der Waals surface area contributed by atoms with Crippen molar-refractivity contribution in [2.45, 2.75) is 0 Å². The maximum atomic E-state index is 11.0. The van der Waals surface area contributed by atoms with Crippen molar-refractivity contribution in [1.82, 2.24) is 4.90 Å². The van der Waals surface area contributed by atoms with Crippen molar-refractivity contribution < 1.29 is 4.79 Å². The second kappa shape index (κ2) is 3.82. The molecule has 0 spiro atoms. The van der Waals surface area contributed by atoms with Crippen LogP contribution in [0, 0.1) is 0 Å². The molecule has 56 valence electrons. The molecular formula is C7H12N2O. The minimum Gasteiger partial charge on any atom is -0.345 e. The minimum absolute atomic E-state index is 0.106. The summed E-state index contributed by atoms with van der Waals surface area (Å²) in [5, 5.41) is 0. The van der Waals surface area contributed by atoms with Crippen molar-refractivity contribution in [3.63, 3.8) is 0 Å². The molecule has 0 fully saturated rings. The van der Waals surface area contributed by atoms with Crippen LogP contribution in [0.25, 0.3) is 0 Å². The normalized spacial score (nSPS) is 9.90. The lowest BCUT2D eigenvalue weighted by Gasteiger charge is -2.08. The number of aliphatic imine (C=N–C) groups is 1. The van der Waals surface area contributed by atoms with Gasteiger partial charge in [0.2, 0.25) is 0 Å². The molecule has 10 heavy (non-hydrogen) atoms. The summed E-state index contributed by atoms with van der Waals surface area (Å²) in [6, 6.07) is 0. The summed E-state index contributed by atoms with van der Waals surface area (Å²) >= 11 is 0. The van der Waals surface area contributed by atoms with Gasteiger partial charge in [0, 0.05) is 27.4 Å². The van der Waals surface area contributed by atoms with E-state index in [1.807, 2.05) is 0 Å². The molecule has 0 aromatic carbocycles. The van der Waals surface area contributed by atoms with Crippen LogP contribution in [0.2, 0.25) is 0 Å². The summed E-state index contributed by atoms with van der Waals surface area (Å²) in [5.74, 6) is -0.106. The Morgan fingerprint density at radius 3 is 2.40 bits per heavy atom. The first-order valence-corrected chi connectivity index (χ1v) is 2.92. The van der Waals surface area contributed by atoms with Crippen molar-refractivity contribution in [1.29, 1.82) is 0 Å². The highest BCUT2D eigenvalue weighted by Gasteiger charge is 2.04. The Labute approximate surface area is 61.1 Å². The lowest BCUT2D eigenvalue weighted by molar-refractivity contribution is -0.124. The molecule has 3 heteroatoms. The smallest absolute Gasteiger partial charge is 0.254 e. The molecule has 0 radical (unpaired) electrons. The predicted octanol–water partition coefficient (Wildman–Crippen LogP) is 0.331. The zero-order valence-electron chi connectivity index (χ0n) is 6.59. The first kappa shape index (κ1) is 8.88. The van der Waals surface area contributed by atoms with E-state index in [0.717, 1.165) is 0 Å². The van der Waals surface area contributed by atoms with Crippen LogP contribution in [0.3, 0.4) is 0 Å². The predicted molar refractivity (Wildman–Crippen MR) is 42.3 cm³/mol. The number of carbonyl (C=O) groups is 1. The maximum Gasteiger partial charge on any atom is 0.254 e. The zero-order valence-corrected chi connectivity index (χ0v) is 6.59. The number of carbonyl (C=O) groups excluding carboxylic acids is 1. The standard InChI is InChI=1S/C7H12N2O/c1-6(5-8-2)7(10)9(3)4/h5H,1H2,2-4H3. The van der Waals surface area contributed by atoms with Gasteiger partial charge in [0.05, 0.1) is 5.57 Å². The largest absolute Gasteiger partial charge is 0.345 e. The van der Waals surface area contributed by atoms with Gasteiger partial charge >= 0.3 is 0 Å². The highest BCUT2D eigenvalue weighted by Crippen LogP contribution is 1.90. The van der Waals surface area contributed by atoms with Crippen molar-refractivity contribution in [3.8, 4) is 0 Å². The third kappa shape index (κ3) is 2.44. The Balaban J connectivity index is 4.09. The van der Waals surface area contributed by atoms with Gasteiger partial charge < -0.3 is 4.90 Å². The Morgan fingerprint density at radius 2 is 2.10 bits per heavy atom. The molecule has 0 N–H and O–H groups in total. The summed E-state index contributed by atoms with van der Waals surface area (Å²) < 4.78 is 0. The van der Waals surface area contributed by atoms with E-state index in [9.17, 15) is 4.79 Å². The quantitative estimate of drug-likeness (QED) is 0.402. The van der Waals surface area contributed by atoms with E-state index in [0.29, 0.717) is 5.57 Å². The monoisotopic (exact) mass is 140 g/mol. The first-order valence-electron chi connectivity index (χ1n) is 2.92. The van der Waals surface area contributed by atoms with Crippen LogP contribution in [0.1, 0.15) is 0 Å². The Hall–Kier alpha value is -1.12. The third-order valence-electron chi connectivity index (χ3n) is 0.966.